The lowest BCUT2D eigenvalue weighted by Crippen LogP contribution is -2.57. The van der Waals surface area contributed by atoms with E-state index in [1.54, 1.807) is 43.2 Å². The minimum Gasteiger partial charge on any atom is -0.481 e. The molecule has 6 heteroatoms. The van der Waals surface area contributed by atoms with Crippen molar-refractivity contribution in [3.8, 4) is 5.75 Å². The number of benzene rings is 1. The standard InChI is InChI=1S/C16H22ClNO4/c1-12(22-14-6-3-5-13(17)9-14)16(19)18-10-15(11-18)21-8-4-7-20-2/h3,5-6,9,12,15H,4,7-8,10-11H2,1-2H3. The number of carbonyl (C=O) groups excluding carboxylic acids is 1. The van der Waals surface area contributed by atoms with Gasteiger partial charge in [-0.3, -0.25) is 4.79 Å². The van der Waals surface area contributed by atoms with Crippen LogP contribution in [0.3, 0.4) is 0 Å². The van der Waals surface area contributed by atoms with Gasteiger partial charge in [-0.25, -0.2) is 0 Å². The van der Waals surface area contributed by atoms with Gasteiger partial charge in [0.1, 0.15) is 5.75 Å². The molecule has 1 aromatic carbocycles. The van der Waals surface area contributed by atoms with Gasteiger partial charge >= 0.3 is 0 Å². The first-order valence-electron chi connectivity index (χ1n) is 7.41. The fourth-order valence-corrected chi connectivity index (χ4v) is 2.41. The summed E-state index contributed by atoms with van der Waals surface area (Å²) in [6, 6.07) is 7.04. The average molecular weight is 328 g/mol. The number of amides is 1. The maximum atomic E-state index is 12.2. The van der Waals surface area contributed by atoms with E-state index in [4.69, 9.17) is 25.8 Å². The molecule has 0 bridgehead atoms. The van der Waals surface area contributed by atoms with E-state index in [1.807, 2.05) is 0 Å². The lowest BCUT2D eigenvalue weighted by Gasteiger charge is -2.40. The number of ether oxygens (including phenoxy) is 3. The van der Waals surface area contributed by atoms with Crippen LogP contribution in [0.4, 0.5) is 0 Å². The fourth-order valence-electron chi connectivity index (χ4n) is 2.23. The van der Waals surface area contributed by atoms with Gasteiger partial charge < -0.3 is 19.1 Å². The maximum absolute atomic E-state index is 12.2. The average Bonchev–Trinajstić information content (AvgIpc) is 2.44. The van der Waals surface area contributed by atoms with Crippen molar-refractivity contribution < 1.29 is 19.0 Å². The molecule has 1 aromatic rings. The van der Waals surface area contributed by atoms with Crippen molar-refractivity contribution in [3.63, 3.8) is 0 Å². The highest BCUT2D eigenvalue weighted by Crippen LogP contribution is 2.20. The van der Waals surface area contributed by atoms with Gasteiger partial charge in [0.15, 0.2) is 6.10 Å². The molecule has 1 atom stereocenters. The van der Waals surface area contributed by atoms with Crippen molar-refractivity contribution >= 4 is 17.5 Å². The van der Waals surface area contributed by atoms with Gasteiger partial charge in [-0.05, 0) is 31.5 Å². The Labute approximate surface area is 136 Å². The topological polar surface area (TPSA) is 48.0 Å². The summed E-state index contributed by atoms with van der Waals surface area (Å²) in [5, 5.41) is 0.589. The predicted molar refractivity (Wildman–Crippen MR) is 84.4 cm³/mol. The summed E-state index contributed by atoms with van der Waals surface area (Å²) < 4.78 is 16.2. The van der Waals surface area contributed by atoms with Crippen LogP contribution in [-0.2, 0) is 14.3 Å². The molecule has 0 aromatic heterocycles. The zero-order chi connectivity index (χ0) is 15.9. The summed E-state index contributed by atoms with van der Waals surface area (Å²) in [6.45, 7) is 4.34. The van der Waals surface area contributed by atoms with E-state index in [2.05, 4.69) is 0 Å². The third-order valence-corrected chi connectivity index (χ3v) is 3.70. The van der Waals surface area contributed by atoms with E-state index >= 15 is 0 Å². The van der Waals surface area contributed by atoms with E-state index in [0.29, 0.717) is 37.1 Å². The number of methoxy groups -OCH3 is 1. The summed E-state index contributed by atoms with van der Waals surface area (Å²) in [4.78, 5) is 14.0. The van der Waals surface area contributed by atoms with E-state index in [1.165, 1.54) is 0 Å². The molecule has 0 N–H and O–H groups in total. The van der Waals surface area contributed by atoms with Gasteiger partial charge in [-0.2, -0.15) is 0 Å². The van der Waals surface area contributed by atoms with Crippen LogP contribution in [0.15, 0.2) is 24.3 Å². The molecule has 1 heterocycles. The monoisotopic (exact) mass is 327 g/mol. The quantitative estimate of drug-likeness (QED) is 0.688. The molecule has 0 aliphatic carbocycles. The van der Waals surface area contributed by atoms with Crippen LogP contribution in [0.1, 0.15) is 13.3 Å². The van der Waals surface area contributed by atoms with Gasteiger partial charge in [0, 0.05) is 38.4 Å². The van der Waals surface area contributed by atoms with Crippen LogP contribution in [0.2, 0.25) is 5.02 Å². The Morgan fingerprint density at radius 1 is 1.41 bits per heavy atom. The molecular formula is C16H22ClNO4. The number of hydrogen-bond donors (Lipinski definition) is 0. The van der Waals surface area contributed by atoms with Gasteiger partial charge in [0.2, 0.25) is 0 Å². The molecule has 0 spiro atoms. The van der Waals surface area contributed by atoms with Crippen molar-refractivity contribution in [1.29, 1.82) is 0 Å². The molecule has 1 saturated heterocycles. The second kappa shape index (κ2) is 8.36. The number of carbonyl (C=O) groups is 1. The Morgan fingerprint density at radius 3 is 2.86 bits per heavy atom. The van der Waals surface area contributed by atoms with Crippen molar-refractivity contribution in [3.05, 3.63) is 29.3 Å². The summed E-state index contributed by atoms with van der Waals surface area (Å²) in [7, 11) is 1.67. The minimum absolute atomic E-state index is 0.0308. The molecule has 1 unspecified atom stereocenters. The van der Waals surface area contributed by atoms with Crippen LogP contribution >= 0.6 is 11.6 Å². The molecule has 5 nitrogen and oxygen atoms in total. The first-order chi connectivity index (χ1) is 10.6. The van der Waals surface area contributed by atoms with E-state index < -0.39 is 6.10 Å². The number of rotatable bonds is 8. The lowest BCUT2D eigenvalue weighted by atomic mass is 10.1. The summed E-state index contributed by atoms with van der Waals surface area (Å²) >= 11 is 5.90. The molecule has 0 radical (unpaired) electrons. The fraction of sp³-hybridized carbons (Fsp3) is 0.562. The molecule has 2 rings (SSSR count). The van der Waals surface area contributed by atoms with Crippen LogP contribution in [0, 0.1) is 0 Å². The summed E-state index contributed by atoms with van der Waals surface area (Å²) in [6.07, 6.45) is 0.460. The molecule has 1 aliphatic rings. The molecule has 1 aliphatic heterocycles. The molecular weight excluding hydrogens is 306 g/mol. The zero-order valence-electron chi connectivity index (χ0n) is 13.0. The van der Waals surface area contributed by atoms with E-state index in [0.717, 1.165) is 6.42 Å². The first-order valence-corrected chi connectivity index (χ1v) is 7.79. The summed E-state index contributed by atoms with van der Waals surface area (Å²) in [5.74, 6) is 0.568. The van der Waals surface area contributed by atoms with Gasteiger partial charge in [-0.15, -0.1) is 0 Å². The highest BCUT2D eigenvalue weighted by atomic mass is 35.5. The highest BCUT2D eigenvalue weighted by molar-refractivity contribution is 6.30. The van der Waals surface area contributed by atoms with Crippen molar-refractivity contribution in [2.24, 2.45) is 0 Å². The number of hydrogen-bond acceptors (Lipinski definition) is 4. The van der Waals surface area contributed by atoms with Crippen LogP contribution in [0.25, 0.3) is 0 Å². The molecule has 1 fully saturated rings. The predicted octanol–water partition coefficient (Wildman–Crippen LogP) is 2.37. The molecule has 0 saturated carbocycles. The minimum atomic E-state index is -0.534. The van der Waals surface area contributed by atoms with Crippen molar-refractivity contribution in [2.45, 2.75) is 25.6 Å². The smallest absolute Gasteiger partial charge is 0.263 e. The maximum Gasteiger partial charge on any atom is 0.263 e. The Bertz CT molecular complexity index is 491. The normalized spacial score (nSPS) is 16.2. The highest BCUT2D eigenvalue weighted by Gasteiger charge is 2.34. The van der Waals surface area contributed by atoms with Crippen LogP contribution in [-0.4, -0.2) is 56.4 Å². The van der Waals surface area contributed by atoms with Gasteiger partial charge in [-0.1, -0.05) is 17.7 Å². The summed E-state index contributed by atoms with van der Waals surface area (Å²) in [5.41, 5.74) is 0. The van der Waals surface area contributed by atoms with Gasteiger partial charge in [0.05, 0.1) is 6.10 Å². The first kappa shape index (κ1) is 17.1. The lowest BCUT2D eigenvalue weighted by molar-refractivity contribution is -0.151. The van der Waals surface area contributed by atoms with Gasteiger partial charge in [0.25, 0.3) is 5.91 Å². The number of likely N-dealkylation sites (tertiary alicyclic amines) is 1. The molecule has 22 heavy (non-hydrogen) atoms. The van der Waals surface area contributed by atoms with Crippen molar-refractivity contribution in [2.75, 3.05) is 33.4 Å². The van der Waals surface area contributed by atoms with Crippen LogP contribution < -0.4 is 4.74 Å². The molecule has 122 valence electrons. The second-order valence-electron chi connectivity index (χ2n) is 5.30. The third kappa shape index (κ3) is 4.87. The van der Waals surface area contributed by atoms with Crippen LogP contribution in [0.5, 0.6) is 5.75 Å². The Morgan fingerprint density at radius 2 is 2.18 bits per heavy atom. The Hall–Kier alpha value is -1.30. The van der Waals surface area contributed by atoms with E-state index in [9.17, 15) is 4.79 Å². The number of halogens is 1. The third-order valence-electron chi connectivity index (χ3n) is 3.46. The van der Waals surface area contributed by atoms with E-state index in [-0.39, 0.29) is 12.0 Å². The SMILES string of the molecule is COCCCOC1CN(C(=O)C(C)Oc2cccc(Cl)c2)C1. The number of nitrogens with zero attached hydrogens (tertiary/aromatic N) is 1. The molecule has 1 amide bonds. The van der Waals surface area contributed by atoms with Crippen molar-refractivity contribution in [1.82, 2.24) is 4.90 Å². The Kier molecular flexibility index (Phi) is 6.49. The zero-order valence-corrected chi connectivity index (χ0v) is 13.7. The largest absolute Gasteiger partial charge is 0.481 e. The Balaban J connectivity index is 1.69. The second-order valence-corrected chi connectivity index (χ2v) is 5.74.